The molecule has 0 spiro atoms. The first-order valence-electron chi connectivity index (χ1n) is 7.19. The molecule has 1 unspecified atom stereocenters. The van der Waals surface area contributed by atoms with E-state index in [2.05, 4.69) is 48.5 Å². The minimum Gasteiger partial charge on any atom is -0.324 e. The summed E-state index contributed by atoms with van der Waals surface area (Å²) in [5, 5.41) is 0. The van der Waals surface area contributed by atoms with Crippen LogP contribution in [0.1, 0.15) is 66.1 Å². The van der Waals surface area contributed by atoms with Crippen molar-refractivity contribution in [1.29, 1.82) is 0 Å². The Morgan fingerprint density at radius 3 is 1.39 bits per heavy atom. The Kier molecular flexibility index (Phi) is 4.98. The van der Waals surface area contributed by atoms with Crippen LogP contribution in [0.3, 0.4) is 0 Å². The predicted octanol–water partition coefficient (Wildman–Crippen LogP) is 4.66. The summed E-state index contributed by atoms with van der Waals surface area (Å²) in [7, 11) is 0. The van der Waals surface area contributed by atoms with Gasteiger partial charge < -0.3 is 5.73 Å². The molecule has 1 heteroatoms. The van der Waals surface area contributed by atoms with Crippen LogP contribution in [0.25, 0.3) is 0 Å². The van der Waals surface area contributed by atoms with Gasteiger partial charge in [0.25, 0.3) is 0 Å². The molecule has 0 radical (unpaired) electrons. The van der Waals surface area contributed by atoms with Gasteiger partial charge in [0.1, 0.15) is 0 Å². The Morgan fingerprint density at radius 2 is 1.06 bits per heavy atom. The van der Waals surface area contributed by atoms with Crippen molar-refractivity contribution in [1.82, 2.24) is 0 Å². The number of benzene rings is 1. The number of hydrogen-bond donors (Lipinski definition) is 1. The monoisotopic (exact) mass is 247 g/mol. The third-order valence-corrected chi connectivity index (χ3v) is 4.95. The number of hydrogen-bond acceptors (Lipinski definition) is 1. The Hall–Kier alpha value is -0.820. The minimum absolute atomic E-state index is 0.179. The second-order valence-electron chi connectivity index (χ2n) is 5.64. The molecule has 0 saturated carbocycles. The third-order valence-electron chi connectivity index (χ3n) is 4.95. The van der Waals surface area contributed by atoms with Gasteiger partial charge in [-0.2, -0.15) is 0 Å². The van der Waals surface area contributed by atoms with E-state index in [-0.39, 0.29) is 6.04 Å². The van der Waals surface area contributed by atoms with E-state index in [9.17, 15) is 0 Å². The van der Waals surface area contributed by atoms with Gasteiger partial charge in [0.15, 0.2) is 0 Å². The summed E-state index contributed by atoms with van der Waals surface area (Å²) in [5.74, 6) is 0.587. The molecule has 0 fully saturated rings. The van der Waals surface area contributed by atoms with Crippen LogP contribution in [0.5, 0.6) is 0 Å². The molecule has 0 aliphatic carbocycles. The standard InChI is InChI=1S/C17H29N/c1-8-15(9-2)17(18)16-13(6)11(4)10(3)12(5)14(16)7/h15,17H,8-9,18H2,1-7H3. The molecule has 0 bridgehead atoms. The van der Waals surface area contributed by atoms with Crippen LogP contribution in [0.2, 0.25) is 0 Å². The Balaban J connectivity index is 3.41. The third kappa shape index (κ3) is 2.47. The first kappa shape index (κ1) is 15.2. The Bertz CT molecular complexity index is 399. The van der Waals surface area contributed by atoms with Gasteiger partial charge in [-0.05, 0) is 73.9 Å². The maximum Gasteiger partial charge on any atom is 0.0328 e. The van der Waals surface area contributed by atoms with Crippen molar-refractivity contribution in [3.63, 3.8) is 0 Å². The number of nitrogens with two attached hydrogens (primary N) is 1. The van der Waals surface area contributed by atoms with E-state index in [1.807, 2.05) is 0 Å². The van der Waals surface area contributed by atoms with Crippen LogP contribution in [-0.4, -0.2) is 0 Å². The van der Waals surface area contributed by atoms with Crippen LogP contribution >= 0.6 is 0 Å². The molecule has 2 N–H and O–H groups in total. The fraction of sp³-hybridized carbons (Fsp3) is 0.647. The molecule has 0 aromatic heterocycles. The first-order valence-corrected chi connectivity index (χ1v) is 7.19. The molecule has 0 amide bonds. The van der Waals surface area contributed by atoms with Crippen molar-refractivity contribution in [2.24, 2.45) is 11.7 Å². The molecular formula is C17H29N. The summed E-state index contributed by atoms with van der Waals surface area (Å²) < 4.78 is 0. The van der Waals surface area contributed by atoms with Gasteiger partial charge in [-0.3, -0.25) is 0 Å². The summed E-state index contributed by atoms with van der Waals surface area (Å²) >= 11 is 0. The van der Waals surface area contributed by atoms with Crippen molar-refractivity contribution in [2.75, 3.05) is 0 Å². The molecule has 1 rings (SSSR count). The predicted molar refractivity (Wildman–Crippen MR) is 81.1 cm³/mol. The lowest BCUT2D eigenvalue weighted by Gasteiger charge is -2.28. The Morgan fingerprint density at radius 1 is 0.722 bits per heavy atom. The van der Waals surface area contributed by atoms with Crippen molar-refractivity contribution in [2.45, 2.75) is 67.3 Å². The van der Waals surface area contributed by atoms with Crippen LogP contribution in [0.4, 0.5) is 0 Å². The highest BCUT2D eigenvalue weighted by Crippen LogP contribution is 2.34. The van der Waals surface area contributed by atoms with E-state index >= 15 is 0 Å². The summed E-state index contributed by atoms with van der Waals surface area (Å²) in [6, 6.07) is 0.179. The molecule has 0 aliphatic heterocycles. The molecule has 1 aromatic carbocycles. The lowest BCUT2D eigenvalue weighted by atomic mass is 9.81. The van der Waals surface area contributed by atoms with Gasteiger partial charge in [0.2, 0.25) is 0 Å². The van der Waals surface area contributed by atoms with Gasteiger partial charge in [0, 0.05) is 6.04 Å². The molecule has 102 valence electrons. The maximum absolute atomic E-state index is 6.55. The van der Waals surface area contributed by atoms with Gasteiger partial charge in [-0.25, -0.2) is 0 Å². The van der Waals surface area contributed by atoms with Crippen LogP contribution in [0, 0.1) is 40.5 Å². The molecule has 18 heavy (non-hydrogen) atoms. The fourth-order valence-electron chi connectivity index (χ4n) is 3.06. The molecule has 1 atom stereocenters. The van der Waals surface area contributed by atoms with Gasteiger partial charge in [-0.15, -0.1) is 0 Å². The fourth-order valence-corrected chi connectivity index (χ4v) is 3.06. The average Bonchev–Trinajstić information content (AvgIpc) is 2.36. The topological polar surface area (TPSA) is 26.0 Å². The average molecular weight is 247 g/mol. The first-order chi connectivity index (χ1) is 8.36. The number of rotatable bonds is 4. The molecular weight excluding hydrogens is 218 g/mol. The lowest BCUT2D eigenvalue weighted by Crippen LogP contribution is -2.23. The van der Waals surface area contributed by atoms with Gasteiger partial charge in [0.05, 0.1) is 0 Å². The van der Waals surface area contributed by atoms with Crippen LogP contribution in [0.15, 0.2) is 0 Å². The van der Waals surface area contributed by atoms with E-state index in [0.29, 0.717) is 5.92 Å². The Labute approximate surface area is 113 Å². The SMILES string of the molecule is CCC(CC)C(N)c1c(C)c(C)c(C)c(C)c1C. The summed E-state index contributed by atoms with van der Waals surface area (Å²) in [6.45, 7) is 15.6. The zero-order valence-electron chi connectivity index (χ0n) is 13.1. The highest BCUT2D eigenvalue weighted by atomic mass is 14.7. The second-order valence-corrected chi connectivity index (χ2v) is 5.64. The normalized spacial score (nSPS) is 13.2. The van der Waals surface area contributed by atoms with E-state index in [1.54, 1.807) is 0 Å². The smallest absolute Gasteiger partial charge is 0.0328 e. The van der Waals surface area contributed by atoms with E-state index in [0.717, 1.165) is 12.8 Å². The van der Waals surface area contributed by atoms with Crippen molar-refractivity contribution in [3.8, 4) is 0 Å². The molecule has 1 nitrogen and oxygen atoms in total. The van der Waals surface area contributed by atoms with Crippen molar-refractivity contribution in [3.05, 3.63) is 33.4 Å². The molecule has 0 aliphatic rings. The van der Waals surface area contributed by atoms with E-state index < -0.39 is 0 Å². The molecule has 0 heterocycles. The van der Waals surface area contributed by atoms with Crippen molar-refractivity contribution >= 4 is 0 Å². The zero-order chi connectivity index (χ0) is 14.0. The van der Waals surface area contributed by atoms with E-state index in [4.69, 9.17) is 5.73 Å². The molecule has 0 saturated heterocycles. The quantitative estimate of drug-likeness (QED) is 0.822. The summed E-state index contributed by atoms with van der Waals surface area (Å²) in [6.07, 6.45) is 2.31. The van der Waals surface area contributed by atoms with Crippen molar-refractivity contribution < 1.29 is 0 Å². The molecule has 1 aromatic rings. The van der Waals surface area contributed by atoms with Gasteiger partial charge >= 0.3 is 0 Å². The highest BCUT2D eigenvalue weighted by molar-refractivity contribution is 5.50. The minimum atomic E-state index is 0.179. The lowest BCUT2D eigenvalue weighted by molar-refractivity contribution is 0.403. The van der Waals surface area contributed by atoms with E-state index in [1.165, 1.54) is 33.4 Å². The maximum atomic E-state index is 6.55. The largest absolute Gasteiger partial charge is 0.324 e. The summed E-state index contributed by atoms with van der Waals surface area (Å²) in [4.78, 5) is 0. The van der Waals surface area contributed by atoms with Gasteiger partial charge in [-0.1, -0.05) is 26.7 Å². The summed E-state index contributed by atoms with van der Waals surface area (Å²) in [5.41, 5.74) is 15.0. The second kappa shape index (κ2) is 5.88. The highest BCUT2D eigenvalue weighted by Gasteiger charge is 2.22. The van der Waals surface area contributed by atoms with Crippen LogP contribution in [-0.2, 0) is 0 Å². The van der Waals surface area contributed by atoms with Crippen LogP contribution < -0.4 is 5.73 Å². The zero-order valence-corrected chi connectivity index (χ0v) is 13.1.